The molecule has 0 radical (unpaired) electrons. The molecule has 1 saturated carbocycles. The van der Waals surface area contributed by atoms with Crippen LogP contribution in [0.1, 0.15) is 33.1 Å². The zero-order chi connectivity index (χ0) is 14.3. The van der Waals surface area contributed by atoms with Gasteiger partial charge in [0.05, 0.1) is 12.1 Å². The van der Waals surface area contributed by atoms with Crippen LogP contribution in [0.5, 0.6) is 0 Å². The highest BCUT2D eigenvalue weighted by Crippen LogP contribution is 2.45. The first-order valence-electron chi connectivity index (χ1n) is 7.38. The van der Waals surface area contributed by atoms with Crippen molar-refractivity contribution in [1.29, 1.82) is 0 Å². The Balaban J connectivity index is 2.03. The van der Waals surface area contributed by atoms with E-state index in [0.29, 0.717) is 17.8 Å². The van der Waals surface area contributed by atoms with Crippen LogP contribution in [-0.4, -0.2) is 18.0 Å². The lowest BCUT2D eigenvalue weighted by molar-refractivity contribution is 0.178. The van der Waals surface area contributed by atoms with Crippen molar-refractivity contribution in [3.8, 4) is 0 Å². The van der Waals surface area contributed by atoms with E-state index in [1.165, 1.54) is 12.8 Å². The Hall–Kier alpha value is -1.22. The number of guanidine groups is 1. The molecular formula is C16H22ClN3. The Morgan fingerprint density at radius 2 is 2.15 bits per heavy atom. The molecule has 20 heavy (non-hydrogen) atoms. The van der Waals surface area contributed by atoms with Gasteiger partial charge in [0.15, 0.2) is 5.96 Å². The van der Waals surface area contributed by atoms with Gasteiger partial charge < -0.3 is 10.6 Å². The topological polar surface area (TPSA) is 41.6 Å². The second kappa shape index (κ2) is 4.96. The maximum absolute atomic E-state index is 6.21. The second-order valence-electron chi connectivity index (χ2n) is 6.38. The molecule has 1 aliphatic carbocycles. The highest BCUT2D eigenvalue weighted by molar-refractivity contribution is 6.31. The van der Waals surface area contributed by atoms with Crippen LogP contribution in [0, 0.1) is 11.8 Å². The fourth-order valence-corrected chi connectivity index (χ4v) is 4.02. The standard InChI is InChI=1S/C16H22ClN3/c1-11-6-7-12(2)16(9-11)10-19-15(18)20(16)14-5-3-4-13(17)8-14/h3-5,8,11-12H,6-7,9-10H2,1-2H3,(H2,18,19). The monoisotopic (exact) mass is 291 g/mol. The van der Waals surface area contributed by atoms with Gasteiger partial charge in [0.2, 0.25) is 0 Å². The molecule has 4 heteroatoms. The van der Waals surface area contributed by atoms with Crippen molar-refractivity contribution in [2.45, 2.75) is 38.6 Å². The lowest BCUT2D eigenvalue weighted by atomic mass is 9.69. The SMILES string of the molecule is CC1CCC(C)C2(CN=C(N)N2c2cccc(Cl)c2)C1. The first-order valence-corrected chi connectivity index (χ1v) is 7.76. The molecule has 1 aromatic rings. The number of rotatable bonds is 1. The largest absolute Gasteiger partial charge is 0.369 e. The van der Waals surface area contributed by atoms with E-state index in [0.717, 1.165) is 23.7 Å². The fourth-order valence-electron chi connectivity index (χ4n) is 3.83. The Kier molecular flexibility index (Phi) is 3.41. The number of hydrogen-bond donors (Lipinski definition) is 1. The summed E-state index contributed by atoms with van der Waals surface area (Å²) >= 11 is 6.16. The minimum Gasteiger partial charge on any atom is -0.369 e. The summed E-state index contributed by atoms with van der Waals surface area (Å²) in [5.41, 5.74) is 7.31. The molecule has 2 aliphatic rings. The van der Waals surface area contributed by atoms with Gasteiger partial charge >= 0.3 is 0 Å². The van der Waals surface area contributed by atoms with Crippen molar-refractivity contribution < 1.29 is 0 Å². The fraction of sp³-hybridized carbons (Fsp3) is 0.562. The van der Waals surface area contributed by atoms with Crippen LogP contribution in [0.15, 0.2) is 29.3 Å². The Morgan fingerprint density at radius 3 is 2.90 bits per heavy atom. The van der Waals surface area contributed by atoms with E-state index in [1.54, 1.807) is 0 Å². The zero-order valence-corrected chi connectivity index (χ0v) is 12.9. The molecule has 1 spiro atoms. The number of benzene rings is 1. The number of halogens is 1. The van der Waals surface area contributed by atoms with Crippen LogP contribution in [0.3, 0.4) is 0 Å². The third-order valence-electron chi connectivity index (χ3n) is 4.97. The molecule has 3 nitrogen and oxygen atoms in total. The van der Waals surface area contributed by atoms with Gasteiger partial charge in [-0.1, -0.05) is 37.9 Å². The maximum atomic E-state index is 6.21. The van der Waals surface area contributed by atoms with Crippen LogP contribution >= 0.6 is 11.6 Å². The maximum Gasteiger partial charge on any atom is 0.196 e. The average Bonchev–Trinajstić information content (AvgIpc) is 2.72. The van der Waals surface area contributed by atoms with Crippen molar-refractivity contribution in [3.05, 3.63) is 29.3 Å². The van der Waals surface area contributed by atoms with Crippen LogP contribution < -0.4 is 10.6 Å². The first kappa shape index (κ1) is 13.7. The Bertz CT molecular complexity index is 542. The van der Waals surface area contributed by atoms with E-state index < -0.39 is 0 Å². The molecule has 0 amide bonds. The molecule has 2 N–H and O–H groups in total. The molecule has 3 rings (SSSR count). The molecule has 3 atom stereocenters. The van der Waals surface area contributed by atoms with E-state index in [-0.39, 0.29) is 5.54 Å². The molecule has 0 aromatic heterocycles. The van der Waals surface area contributed by atoms with Crippen molar-refractivity contribution in [2.75, 3.05) is 11.4 Å². The summed E-state index contributed by atoms with van der Waals surface area (Å²) in [6.45, 7) is 5.46. The van der Waals surface area contributed by atoms with Gasteiger partial charge in [-0.05, 0) is 42.9 Å². The summed E-state index contributed by atoms with van der Waals surface area (Å²) in [6.07, 6.45) is 3.68. The van der Waals surface area contributed by atoms with Gasteiger partial charge in [0, 0.05) is 10.7 Å². The lowest BCUT2D eigenvalue weighted by Crippen LogP contribution is -2.58. The first-order chi connectivity index (χ1) is 9.53. The van der Waals surface area contributed by atoms with E-state index >= 15 is 0 Å². The quantitative estimate of drug-likeness (QED) is 0.858. The predicted octanol–water partition coefficient (Wildman–Crippen LogP) is 3.67. The van der Waals surface area contributed by atoms with Crippen molar-refractivity contribution >= 4 is 23.2 Å². The summed E-state index contributed by atoms with van der Waals surface area (Å²) in [6, 6.07) is 7.94. The van der Waals surface area contributed by atoms with Crippen molar-refractivity contribution in [2.24, 2.45) is 22.6 Å². The third-order valence-corrected chi connectivity index (χ3v) is 5.20. The molecule has 1 heterocycles. The second-order valence-corrected chi connectivity index (χ2v) is 6.82. The Labute approximate surface area is 125 Å². The van der Waals surface area contributed by atoms with E-state index in [9.17, 15) is 0 Å². The van der Waals surface area contributed by atoms with Crippen LogP contribution in [-0.2, 0) is 0 Å². The molecule has 1 fully saturated rings. The van der Waals surface area contributed by atoms with Gasteiger partial charge in [-0.2, -0.15) is 0 Å². The number of anilines is 1. The summed E-state index contributed by atoms with van der Waals surface area (Å²) in [5.74, 6) is 1.93. The van der Waals surface area contributed by atoms with Crippen LogP contribution in [0.25, 0.3) is 0 Å². The normalized spacial score (nSPS) is 33.5. The third kappa shape index (κ3) is 2.08. The van der Waals surface area contributed by atoms with Gasteiger partial charge in [-0.15, -0.1) is 0 Å². The average molecular weight is 292 g/mol. The molecule has 0 saturated heterocycles. The van der Waals surface area contributed by atoms with E-state index in [2.05, 4.69) is 29.8 Å². The molecule has 3 unspecified atom stereocenters. The van der Waals surface area contributed by atoms with Gasteiger partial charge in [-0.25, -0.2) is 0 Å². The summed E-state index contributed by atoms with van der Waals surface area (Å²) < 4.78 is 0. The molecule has 108 valence electrons. The highest BCUT2D eigenvalue weighted by atomic mass is 35.5. The number of hydrogen-bond acceptors (Lipinski definition) is 3. The smallest absolute Gasteiger partial charge is 0.196 e. The van der Waals surface area contributed by atoms with Gasteiger partial charge in [-0.3, -0.25) is 4.99 Å². The Morgan fingerprint density at radius 1 is 1.35 bits per heavy atom. The van der Waals surface area contributed by atoms with Gasteiger partial charge in [0.25, 0.3) is 0 Å². The minimum atomic E-state index is 0.0342. The molecular weight excluding hydrogens is 270 g/mol. The number of nitrogens with two attached hydrogens (primary N) is 1. The van der Waals surface area contributed by atoms with Gasteiger partial charge in [0.1, 0.15) is 0 Å². The van der Waals surface area contributed by atoms with Crippen molar-refractivity contribution in [3.63, 3.8) is 0 Å². The molecule has 0 bridgehead atoms. The predicted molar refractivity (Wildman–Crippen MR) is 85.3 cm³/mol. The summed E-state index contributed by atoms with van der Waals surface area (Å²) in [5, 5.41) is 0.744. The number of nitrogens with zero attached hydrogens (tertiary/aromatic N) is 2. The van der Waals surface area contributed by atoms with Crippen LogP contribution in [0.4, 0.5) is 5.69 Å². The summed E-state index contributed by atoms with van der Waals surface area (Å²) in [7, 11) is 0. The molecule has 1 aromatic carbocycles. The van der Waals surface area contributed by atoms with Crippen LogP contribution in [0.2, 0.25) is 5.02 Å². The van der Waals surface area contributed by atoms with E-state index in [4.69, 9.17) is 17.3 Å². The van der Waals surface area contributed by atoms with E-state index in [1.807, 2.05) is 18.2 Å². The highest BCUT2D eigenvalue weighted by Gasteiger charge is 2.49. The van der Waals surface area contributed by atoms with Crippen molar-refractivity contribution in [1.82, 2.24) is 0 Å². The minimum absolute atomic E-state index is 0.0342. The summed E-state index contributed by atoms with van der Waals surface area (Å²) in [4.78, 5) is 6.80. The number of aliphatic imine (C=N–C) groups is 1. The lowest BCUT2D eigenvalue weighted by Gasteiger charge is -2.48. The zero-order valence-electron chi connectivity index (χ0n) is 12.1. The molecule has 1 aliphatic heterocycles.